The molecular formula is C22H18BrNO2. The van der Waals surface area contributed by atoms with Crippen LogP contribution >= 0.6 is 15.9 Å². The van der Waals surface area contributed by atoms with Crippen LogP contribution in [0, 0.1) is 0 Å². The van der Waals surface area contributed by atoms with Crippen LogP contribution in [0.15, 0.2) is 71.2 Å². The highest BCUT2D eigenvalue weighted by molar-refractivity contribution is 9.10. The third-order valence-corrected chi connectivity index (χ3v) is 5.10. The fourth-order valence-corrected chi connectivity index (χ4v) is 3.73. The summed E-state index contributed by atoms with van der Waals surface area (Å²) in [6.45, 7) is 0. The maximum atomic E-state index is 10.9. The number of hydrogen-bond donors (Lipinski definition) is 1. The van der Waals surface area contributed by atoms with Crippen LogP contribution in [-0.4, -0.2) is 17.2 Å². The van der Waals surface area contributed by atoms with Gasteiger partial charge in [0.2, 0.25) is 5.88 Å². The summed E-state index contributed by atoms with van der Waals surface area (Å²) in [5, 5.41) is 14.1. The SMILES string of the molecule is COc1nc2ccc(Br)cc2cc1CC(O)c1cccc2ccccc12. The second-order valence-corrected chi connectivity index (χ2v) is 7.20. The van der Waals surface area contributed by atoms with Gasteiger partial charge < -0.3 is 9.84 Å². The molecule has 4 heteroatoms. The van der Waals surface area contributed by atoms with E-state index in [4.69, 9.17) is 4.74 Å². The fraction of sp³-hybridized carbons (Fsp3) is 0.136. The van der Waals surface area contributed by atoms with Gasteiger partial charge in [0.1, 0.15) is 0 Å². The number of halogens is 1. The van der Waals surface area contributed by atoms with E-state index in [1.807, 2.05) is 54.6 Å². The highest BCUT2D eigenvalue weighted by atomic mass is 79.9. The Morgan fingerprint density at radius 3 is 2.65 bits per heavy atom. The first-order valence-corrected chi connectivity index (χ1v) is 9.24. The van der Waals surface area contributed by atoms with Crippen molar-refractivity contribution in [3.63, 3.8) is 0 Å². The summed E-state index contributed by atoms with van der Waals surface area (Å²) in [4.78, 5) is 4.59. The van der Waals surface area contributed by atoms with E-state index in [0.717, 1.165) is 37.3 Å². The van der Waals surface area contributed by atoms with Crippen LogP contribution in [0.4, 0.5) is 0 Å². The number of aliphatic hydroxyl groups excluding tert-OH is 1. The number of aliphatic hydroxyl groups is 1. The molecule has 1 aromatic heterocycles. The van der Waals surface area contributed by atoms with Gasteiger partial charge in [-0.2, -0.15) is 0 Å². The van der Waals surface area contributed by atoms with Gasteiger partial charge in [0, 0.05) is 21.8 Å². The highest BCUT2D eigenvalue weighted by Gasteiger charge is 2.16. The van der Waals surface area contributed by atoms with Crippen molar-refractivity contribution < 1.29 is 9.84 Å². The second kappa shape index (κ2) is 7.06. The van der Waals surface area contributed by atoms with Crippen molar-refractivity contribution in [2.24, 2.45) is 0 Å². The van der Waals surface area contributed by atoms with Crippen LogP contribution in [0.5, 0.6) is 5.88 Å². The third kappa shape index (κ3) is 3.18. The Hall–Kier alpha value is -2.43. The number of methoxy groups -OCH3 is 1. The number of fused-ring (bicyclic) bond motifs is 2. The average molecular weight is 408 g/mol. The number of benzene rings is 3. The zero-order chi connectivity index (χ0) is 18.1. The van der Waals surface area contributed by atoms with Crippen LogP contribution in [0.3, 0.4) is 0 Å². The maximum Gasteiger partial charge on any atom is 0.216 e. The summed E-state index contributed by atoms with van der Waals surface area (Å²) in [6, 6.07) is 22.1. The van der Waals surface area contributed by atoms with E-state index < -0.39 is 6.10 Å². The molecule has 0 fully saturated rings. The van der Waals surface area contributed by atoms with Gasteiger partial charge in [0.05, 0.1) is 18.7 Å². The fourth-order valence-electron chi connectivity index (χ4n) is 3.36. The standard InChI is InChI=1S/C22H18BrNO2/c1-26-22-16(11-15-12-17(23)9-10-20(15)24-22)13-21(25)19-8-4-6-14-5-2-3-7-18(14)19/h2-12,21,25H,13H2,1H3. The molecule has 0 saturated carbocycles. The third-order valence-electron chi connectivity index (χ3n) is 4.60. The molecule has 4 rings (SSSR count). The number of hydrogen-bond acceptors (Lipinski definition) is 3. The van der Waals surface area contributed by atoms with Gasteiger partial charge in [0.25, 0.3) is 0 Å². The molecule has 130 valence electrons. The van der Waals surface area contributed by atoms with Gasteiger partial charge in [-0.1, -0.05) is 58.4 Å². The summed E-state index contributed by atoms with van der Waals surface area (Å²) in [5.74, 6) is 0.555. The number of pyridine rings is 1. The Bertz CT molecular complexity index is 1090. The van der Waals surface area contributed by atoms with Crippen molar-refractivity contribution in [3.05, 3.63) is 82.3 Å². The largest absolute Gasteiger partial charge is 0.481 e. The summed E-state index contributed by atoms with van der Waals surface area (Å²) < 4.78 is 6.47. The van der Waals surface area contributed by atoms with Gasteiger partial charge in [-0.15, -0.1) is 0 Å². The Kier molecular flexibility index (Phi) is 4.62. The first-order chi connectivity index (χ1) is 12.7. The predicted molar refractivity (Wildman–Crippen MR) is 109 cm³/mol. The molecule has 0 saturated heterocycles. The molecule has 0 aliphatic heterocycles. The normalized spacial score (nSPS) is 12.4. The Morgan fingerprint density at radius 2 is 1.81 bits per heavy atom. The first-order valence-electron chi connectivity index (χ1n) is 8.44. The number of aromatic nitrogens is 1. The van der Waals surface area contributed by atoms with E-state index in [1.54, 1.807) is 7.11 Å². The number of nitrogens with zero attached hydrogens (tertiary/aromatic N) is 1. The van der Waals surface area contributed by atoms with E-state index >= 15 is 0 Å². The van der Waals surface area contributed by atoms with Crippen molar-refractivity contribution in [2.75, 3.05) is 7.11 Å². The Morgan fingerprint density at radius 1 is 1.00 bits per heavy atom. The molecule has 1 unspecified atom stereocenters. The zero-order valence-electron chi connectivity index (χ0n) is 14.3. The second-order valence-electron chi connectivity index (χ2n) is 6.28. The van der Waals surface area contributed by atoms with Crippen molar-refractivity contribution in [2.45, 2.75) is 12.5 Å². The molecular weight excluding hydrogens is 390 g/mol. The van der Waals surface area contributed by atoms with Crippen molar-refractivity contribution >= 4 is 37.6 Å². The monoisotopic (exact) mass is 407 g/mol. The lowest BCUT2D eigenvalue weighted by Gasteiger charge is -2.16. The molecule has 26 heavy (non-hydrogen) atoms. The van der Waals surface area contributed by atoms with Crippen LogP contribution in [0.1, 0.15) is 17.2 Å². The van der Waals surface area contributed by atoms with Gasteiger partial charge in [-0.05, 0) is 40.6 Å². The molecule has 0 aliphatic rings. The lowest BCUT2D eigenvalue weighted by Crippen LogP contribution is -2.05. The summed E-state index contributed by atoms with van der Waals surface area (Å²) in [6.07, 6.45) is -0.200. The van der Waals surface area contributed by atoms with Crippen molar-refractivity contribution in [1.82, 2.24) is 4.98 Å². The molecule has 1 atom stereocenters. The summed E-state index contributed by atoms with van der Waals surface area (Å²) >= 11 is 3.50. The van der Waals surface area contributed by atoms with Crippen molar-refractivity contribution in [3.8, 4) is 5.88 Å². The van der Waals surface area contributed by atoms with Crippen LogP contribution in [0.2, 0.25) is 0 Å². The molecule has 3 aromatic carbocycles. The molecule has 0 radical (unpaired) electrons. The van der Waals surface area contributed by atoms with Gasteiger partial charge >= 0.3 is 0 Å². The summed E-state index contributed by atoms with van der Waals surface area (Å²) in [5.41, 5.74) is 2.67. The molecule has 4 aromatic rings. The quantitative estimate of drug-likeness (QED) is 0.489. The van der Waals surface area contributed by atoms with Gasteiger partial charge in [-0.25, -0.2) is 4.98 Å². The van der Waals surface area contributed by atoms with Gasteiger partial charge in [0.15, 0.2) is 0 Å². The lowest BCUT2D eigenvalue weighted by molar-refractivity contribution is 0.178. The zero-order valence-corrected chi connectivity index (χ0v) is 15.9. The minimum atomic E-state index is -0.638. The molecule has 0 bridgehead atoms. The van der Waals surface area contributed by atoms with Crippen molar-refractivity contribution in [1.29, 1.82) is 0 Å². The summed E-state index contributed by atoms with van der Waals surface area (Å²) in [7, 11) is 1.61. The topological polar surface area (TPSA) is 42.4 Å². The van der Waals surface area contributed by atoms with E-state index in [-0.39, 0.29) is 0 Å². The van der Waals surface area contributed by atoms with E-state index in [9.17, 15) is 5.11 Å². The number of rotatable bonds is 4. The van der Waals surface area contributed by atoms with E-state index in [0.29, 0.717) is 12.3 Å². The van der Waals surface area contributed by atoms with E-state index in [2.05, 4.69) is 33.0 Å². The smallest absolute Gasteiger partial charge is 0.216 e. The van der Waals surface area contributed by atoms with Crippen LogP contribution in [-0.2, 0) is 6.42 Å². The lowest BCUT2D eigenvalue weighted by atomic mass is 9.96. The minimum Gasteiger partial charge on any atom is -0.481 e. The average Bonchev–Trinajstić information content (AvgIpc) is 2.66. The Balaban J connectivity index is 1.75. The predicted octanol–water partition coefficient (Wildman–Crippen LogP) is 5.44. The van der Waals surface area contributed by atoms with Crippen LogP contribution in [0.25, 0.3) is 21.7 Å². The molecule has 3 nitrogen and oxygen atoms in total. The molecule has 1 heterocycles. The van der Waals surface area contributed by atoms with E-state index in [1.165, 1.54) is 0 Å². The Labute approximate surface area is 160 Å². The highest BCUT2D eigenvalue weighted by Crippen LogP contribution is 2.31. The first kappa shape index (κ1) is 17.0. The molecule has 1 N–H and O–H groups in total. The molecule has 0 spiro atoms. The molecule has 0 amide bonds. The van der Waals surface area contributed by atoms with Gasteiger partial charge in [-0.3, -0.25) is 0 Å². The van der Waals surface area contributed by atoms with Crippen LogP contribution < -0.4 is 4.74 Å². The maximum absolute atomic E-state index is 10.9. The molecule has 0 aliphatic carbocycles. The minimum absolute atomic E-state index is 0.437. The number of ether oxygens (including phenoxy) is 1.